The lowest BCUT2D eigenvalue weighted by molar-refractivity contribution is 0.0787. The number of aromatic nitrogens is 1. The van der Waals surface area contributed by atoms with Crippen molar-refractivity contribution in [3.8, 4) is 0 Å². The highest BCUT2D eigenvalue weighted by Gasteiger charge is 2.23. The Bertz CT molecular complexity index is 612. The van der Waals surface area contributed by atoms with Crippen molar-refractivity contribution in [1.29, 1.82) is 0 Å². The number of carbonyl (C=O) groups excluding carboxylic acids is 1. The average molecular weight is 246 g/mol. The highest BCUT2D eigenvalue weighted by Crippen LogP contribution is 2.24. The Morgan fingerprint density at radius 3 is 2.78 bits per heavy atom. The summed E-state index contributed by atoms with van der Waals surface area (Å²) in [6.45, 7) is 3.51. The van der Waals surface area contributed by atoms with Crippen LogP contribution in [-0.4, -0.2) is 28.9 Å². The van der Waals surface area contributed by atoms with Crippen LogP contribution in [0.3, 0.4) is 0 Å². The Balaban J connectivity index is 2.06. The molecule has 2 aromatic rings. The van der Waals surface area contributed by atoms with E-state index in [1.54, 1.807) is 6.07 Å². The van der Waals surface area contributed by atoms with E-state index in [4.69, 9.17) is 0 Å². The Morgan fingerprint density at radius 1 is 1.33 bits per heavy atom. The van der Waals surface area contributed by atoms with Gasteiger partial charge in [-0.15, -0.1) is 0 Å². The maximum Gasteiger partial charge on any atom is 0.270 e. The molecule has 2 heterocycles. The van der Waals surface area contributed by atoms with Gasteiger partial charge >= 0.3 is 0 Å². The van der Waals surface area contributed by atoms with Crippen LogP contribution in [-0.2, 0) is 0 Å². The summed E-state index contributed by atoms with van der Waals surface area (Å²) in [4.78, 5) is 17.3. The number of halogens is 1. The topological polar surface area (TPSA) is 36.1 Å². The number of H-pyrrole nitrogens is 1. The molecule has 0 spiro atoms. The number of aromatic amines is 1. The number of likely N-dealkylation sites (tertiary alicyclic amines) is 1. The first-order valence-corrected chi connectivity index (χ1v) is 6.24. The standard InChI is InChI=1S/C14H15FN2O/c1-9-11-8-10(15)4-5-12(11)16-13(9)14(18)17-6-2-3-7-17/h4-5,8,16H,2-3,6-7H2,1H3. The van der Waals surface area contributed by atoms with Gasteiger partial charge in [0, 0.05) is 24.0 Å². The third-order valence-corrected chi connectivity index (χ3v) is 3.63. The molecule has 1 aromatic heterocycles. The fraction of sp³-hybridized carbons (Fsp3) is 0.357. The molecule has 4 heteroatoms. The van der Waals surface area contributed by atoms with E-state index in [2.05, 4.69) is 4.98 Å². The molecule has 0 bridgehead atoms. The molecule has 18 heavy (non-hydrogen) atoms. The molecule has 3 nitrogen and oxygen atoms in total. The number of nitrogens with zero attached hydrogens (tertiary/aromatic N) is 1. The van der Waals surface area contributed by atoms with E-state index in [9.17, 15) is 9.18 Å². The third-order valence-electron chi connectivity index (χ3n) is 3.63. The Morgan fingerprint density at radius 2 is 2.06 bits per heavy atom. The van der Waals surface area contributed by atoms with E-state index in [-0.39, 0.29) is 11.7 Å². The number of fused-ring (bicyclic) bond motifs is 1. The van der Waals surface area contributed by atoms with Gasteiger partial charge in [-0.25, -0.2) is 4.39 Å². The van der Waals surface area contributed by atoms with E-state index < -0.39 is 0 Å². The maximum atomic E-state index is 13.2. The number of aryl methyl sites for hydroxylation is 1. The van der Waals surface area contributed by atoms with E-state index in [0.29, 0.717) is 5.69 Å². The largest absolute Gasteiger partial charge is 0.350 e. The molecule has 0 atom stereocenters. The van der Waals surface area contributed by atoms with Gasteiger partial charge in [-0.2, -0.15) is 0 Å². The summed E-state index contributed by atoms with van der Waals surface area (Å²) < 4.78 is 13.2. The molecule has 0 aliphatic carbocycles. The van der Waals surface area contributed by atoms with Gasteiger partial charge in [-0.3, -0.25) is 4.79 Å². The van der Waals surface area contributed by atoms with Gasteiger partial charge in [0.05, 0.1) is 0 Å². The highest BCUT2D eigenvalue weighted by molar-refractivity contribution is 6.00. The Kier molecular flexibility index (Phi) is 2.58. The van der Waals surface area contributed by atoms with E-state index in [1.165, 1.54) is 12.1 Å². The summed E-state index contributed by atoms with van der Waals surface area (Å²) in [6, 6.07) is 4.56. The SMILES string of the molecule is Cc1c(C(=O)N2CCCC2)[nH]c2ccc(F)cc12. The van der Waals surface area contributed by atoms with E-state index in [1.807, 2.05) is 11.8 Å². The van der Waals surface area contributed by atoms with Crippen molar-refractivity contribution in [2.45, 2.75) is 19.8 Å². The molecule has 1 aliphatic heterocycles. The molecule has 1 saturated heterocycles. The van der Waals surface area contributed by atoms with E-state index in [0.717, 1.165) is 42.4 Å². The van der Waals surface area contributed by atoms with Crippen LogP contribution in [0, 0.1) is 12.7 Å². The second kappa shape index (κ2) is 4.12. The molecule has 1 fully saturated rings. The van der Waals surface area contributed by atoms with Crippen molar-refractivity contribution in [3.63, 3.8) is 0 Å². The predicted octanol–water partition coefficient (Wildman–Crippen LogP) is 2.85. The lowest BCUT2D eigenvalue weighted by atomic mass is 10.1. The summed E-state index contributed by atoms with van der Waals surface area (Å²) in [5.74, 6) is -0.244. The molecule has 1 aliphatic rings. The van der Waals surface area contributed by atoms with Gasteiger partial charge in [0.25, 0.3) is 5.91 Å². The third kappa shape index (κ3) is 1.68. The van der Waals surface area contributed by atoms with Crippen LogP contribution in [0.1, 0.15) is 28.9 Å². The first-order valence-electron chi connectivity index (χ1n) is 6.24. The fourth-order valence-electron chi connectivity index (χ4n) is 2.59. The van der Waals surface area contributed by atoms with Crippen molar-refractivity contribution in [2.24, 2.45) is 0 Å². The predicted molar refractivity (Wildman–Crippen MR) is 68.1 cm³/mol. The molecular weight excluding hydrogens is 231 g/mol. The zero-order valence-corrected chi connectivity index (χ0v) is 10.3. The van der Waals surface area contributed by atoms with Gasteiger partial charge in [0.1, 0.15) is 11.5 Å². The second-order valence-electron chi connectivity index (χ2n) is 4.81. The van der Waals surface area contributed by atoms with Crippen LogP contribution in [0.4, 0.5) is 4.39 Å². The van der Waals surface area contributed by atoms with Gasteiger partial charge in [-0.1, -0.05) is 0 Å². The normalized spacial score (nSPS) is 15.6. The molecule has 1 N–H and O–H groups in total. The monoisotopic (exact) mass is 246 g/mol. The first kappa shape index (κ1) is 11.3. The minimum absolute atomic E-state index is 0.0293. The maximum absolute atomic E-state index is 13.2. The lowest BCUT2D eigenvalue weighted by Crippen LogP contribution is -2.28. The van der Waals surface area contributed by atoms with Crippen LogP contribution in [0.5, 0.6) is 0 Å². The highest BCUT2D eigenvalue weighted by atomic mass is 19.1. The lowest BCUT2D eigenvalue weighted by Gasteiger charge is -2.14. The molecule has 1 aromatic carbocycles. The van der Waals surface area contributed by atoms with Crippen LogP contribution in [0.2, 0.25) is 0 Å². The van der Waals surface area contributed by atoms with Crippen LogP contribution in [0.25, 0.3) is 10.9 Å². The zero-order valence-electron chi connectivity index (χ0n) is 10.3. The van der Waals surface area contributed by atoms with Crippen molar-refractivity contribution < 1.29 is 9.18 Å². The second-order valence-corrected chi connectivity index (χ2v) is 4.81. The van der Waals surface area contributed by atoms with Crippen molar-refractivity contribution in [3.05, 3.63) is 35.3 Å². The molecule has 94 valence electrons. The molecule has 0 unspecified atom stereocenters. The number of amides is 1. The number of nitrogens with one attached hydrogen (secondary N) is 1. The minimum atomic E-state index is -0.273. The smallest absolute Gasteiger partial charge is 0.270 e. The summed E-state index contributed by atoms with van der Waals surface area (Å²) in [5.41, 5.74) is 2.25. The summed E-state index contributed by atoms with van der Waals surface area (Å²) in [7, 11) is 0. The molecule has 1 amide bonds. The first-order chi connectivity index (χ1) is 8.66. The fourth-order valence-corrected chi connectivity index (χ4v) is 2.59. The summed E-state index contributed by atoms with van der Waals surface area (Å²) in [6.07, 6.45) is 2.14. The molecular formula is C14H15FN2O. The van der Waals surface area contributed by atoms with E-state index >= 15 is 0 Å². The Labute approximate surface area is 105 Å². The summed E-state index contributed by atoms with van der Waals surface area (Å²) >= 11 is 0. The van der Waals surface area contributed by atoms with Crippen LogP contribution in [0.15, 0.2) is 18.2 Å². The van der Waals surface area contributed by atoms with Gasteiger partial charge in [0.15, 0.2) is 0 Å². The Hall–Kier alpha value is -1.84. The average Bonchev–Trinajstić information content (AvgIpc) is 2.98. The number of hydrogen-bond donors (Lipinski definition) is 1. The van der Waals surface area contributed by atoms with Crippen molar-refractivity contribution in [2.75, 3.05) is 13.1 Å². The van der Waals surface area contributed by atoms with Crippen molar-refractivity contribution >= 4 is 16.8 Å². The van der Waals surface area contributed by atoms with Gasteiger partial charge in [0.2, 0.25) is 0 Å². The van der Waals surface area contributed by atoms with Crippen LogP contribution >= 0.6 is 0 Å². The number of hydrogen-bond acceptors (Lipinski definition) is 1. The quantitative estimate of drug-likeness (QED) is 0.825. The number of carbonyl (C=O) groups is 1. The molecule has 3 rings (SSSR count). The number of rotatable bonds is 1. The zero-order chi connectivity index (χ0) is 12.7. The van der Waals surface area contributed by atoms with Gasteiger partial charge < -0.3 is 9.88 Å². The summed E-state index contributed by atoms with van der Waals surface area (Å²) in [5, 5.41) is 0.789. The minimum Gasteiger partial charge on any atom is -0.350 e. The number of benzene rings is 1. The molecule has 0 radical (unpaired) electrons. The van der Waals surface area contributed by atoms with Crippen LogP contribution < -0.4 is 0 Å². The van der Waals surface area contributed by atoms with Crippen molar-refractivity contribution in [1.82, 2.24) is 9.88 Å². The van der Waals surface area contributed by atoms with Gasteiger partial charge in [-0.05, 0) is 43.5 Å². The molecule has 0 saturated carbocycles.